The number of unbranched alkanes of at least 4 members (excludes halogenated alkanes) is 2. The Morgan fingerprint density at radius 3 is 1.14 bits per heavy atom. The number of nitrogens with zero attached hydrogens (tertiary/aromatic N) is 15. The maximum absolute atomic E-state index is 11.8. The molecule has 40 heteroatoms. The molecule has 0 aliphatic carbocycles. The average molecular weight is 1990 g/mol. The standard InChI is InChI=1S/C24H23N3O.C23H22N4O.C14H10BrN3.C13H9BrN4.C12H9BrN2O.C6H6BrN.B5.B4.B3.B2.B.ClH/c1-2-3-16-28-20-9-7-18(8-10-20)23-17-19(11-14-26-23)21-12-15-27-24(21)22-6-4-5-13-25-22;1-2-3-14-28-19-9-7-17(8-10-19)22-15-18(11-13-25-22)20-16-26-27-23(20)21-6-4-5-12-24-21;15-13-9-10(4-7-17-13)11-5-8-18-14(11)12-3-1-2-6-16-12;14-12-7-9(4-6-16-12)10-8-17-18-13(10)11-3-1-2-5-15-11;13-12-8-9(4-6-15-12)7-11(16)10-3-1-2-5-14-10;1-5-2-3-8-6(7)4-5;1-4-5(2)3;1-4(2)3;1-3-2;1-2;;/h4-14,17H,2-3,15-16H2,1H3;4-13,15-16H,2-3,14H2,1H3,(H,26,27);1-7,9H,8H2;1-8H,(H,17,18);1-6,8H,7H2;2-4H,1H3;;;;;;1H. The van der Waals surface area contributed by atoms with Crippen molar-refractivity contribution in [2.45, 2.75) is 52.9 Å². The molecule has 20 nitrogen and oxygen atoms in total. The van der Waals surface area contributed by atoms with E-state index in [1.165, 1.54) is 12.6 Å². The van der Waals surface area contributed by atoms with E-state index in [4.69, 9.17) is 32.7 Å². The molecule has 25 radical (unpaired) electrons. The van der Waals surface area contributed by atoms with Gasteiger partial charge < -0.3 is 9.47 Å². The summed E-state index contributed by atoms with van der Waals surface area (Å²) < 4.78 is 14.8. The van der Waals surface area contributed by atoms with Gasteiger partial charge in [-0.3, -0.25) is 59.9 Å². The highest BCUT2D eigenvalue weighted by molar-refractivity contribution is 9.11. The number of carbonyl (C=O) groups excluding carboxylic acids is 1. The molecule has 2 N–H and O–H groups in total. The quantitative estimate of drug-likeness (QED) is 0.0277. The minimum absolute atomic E-state index is 0. The molecule has 0 amide bonds. The first-order valence-corrected chi connectivity index (χ1v) is 43.9. The topological polar surface area (TPSA) is 259 Å². The lowest BCUT2D eigenvalue weighted by Crippen LogP contribution is -2.23. The van der Waals surface area contributed by atoms with Crippen LogP contribution in [0.25, 0.3) is 78.7 Å². The number of halogens is 5. The summed E-state index contributed by atoms with van der Waals surface area (Å²) >= 11 is 13.3. The Labute approximate surface area is 830 Å². The van der Waals surface area contributed by atoms with Crippen molar-refractivity contribution in [3.05, 3.63) is 363 Å². The van der Waals surface area contributed by atoms with E-state index in [0.717, 1.165) is 194 Å². The number of ketones is 1. The summed E-state index contributed by atoms with van der Waals surface area (Å²) in [7, 11) is 47.8. The van der Waals surface area contributed by atoms with Gasteiger partial charge in [0.2, 0.25) is 0 Å². The number of carbonyl (C=O) groups is 1. The second-order valence-electron chi connectivity index (χ2n) is 27.3. The monoisotopic (exact) mass is 1990 g/mol. The van der Waals surface area contributed by atoms with Crippen LogP contribution < -0.4 is 9.47 Å². The smallest absolute Gasteiger partial charge is 0.185 e. The molecule has 0 saturated carbocycles. The lowest BCUT2D eigenvalue weighted by Gasteiger charge is -2.10. The van der Waals surface area contributed by atoms with Crippen LogP contribution in [0.5, 0.6) is 11.5 Å². The molecule has 2 aromatic carbocycles. The fourth-order valence-corrected chi connectivity index (χ4v) is 13.4. The average Bonchev–Trinajstić information content (AvgIpc) is 1.77. The summed E-state index contributed by atoms with van der Waals surface area (Å²) in [4.78, 5) is 67.9. The van der Waals surface area contributed by atoms with E-state index in [9.17, 15) is 4.79 Å². The van der Waals surface area contributed by atoms with Crippen LogP contribution >= 0.6 is 76.1 Å². The van der Waals surface area contributed by atoms with E-state index < -0.39 is 12.8 Å². The summed E-state index contributed by atoms with van der Waals surface area (Å²) in [6, 6.07) is 68.6. The van der Waals surface area contributed by atoms with Gasteiger partial charge >= 0.3 is 0 Å². The van der Waals surface area contributed by atoms with Crippen molar-refractivity contribution in [3.63, 3.8) is 0 Å². The van der Waals surface area contributed by atoms with Crippen molar-refractivity contribution in [1.82, 2.24) is 75.2 Å². The molecule has 15 heterocycles. The summed E-state index contributed by atoms with van der Waals surface area (Å²) in [5.41, 5.74) is 22.4. The van der Waals surface area contributed by atoms with Crippen molar-refractivity contribution in [2.75, 3.05) is 26.3 Å². The summed E-state index contributed by atoms with van der Waals surface area (Å²) in [5.74, 6) is 1.80. The zero-order valence-corrected chi connectivity index (χ0v) is 79.9. The highest BCUT2D eigenvalue weighted by Crippen LogP contribution is 2.34. The van der Waals surface area contributed by atoms with Crippen LogP contribution in [0, 0.1) is 6.92 Å². The number of aromatic nitrogens is 15. The van der Waals surface area contributed by atoms with Crippen molar-refractivity contribution in [1.29, 1.82) is 0 Å². The minimum atomic E-state index is -0.667. The SMILES string of the molecule is Brc1cc(-c2cn[nH]c2-c2ccccn2)ccn1.Brc1cc(C2=CCN=C2c2ccccn2)ccn1.CCCCOc1ccc(-c2cc(-c3cn[nH]c3-c3ccccn3)ccn2)cc1.CCCCOc1ccc(-c2cc(C3=CCN=C3c3ccccn3)ccn2)cc1.Cc1ccnc(Br)c1.Cl.O=C(Cc1ccnc(Br)c1)c1ccccn1.[B].[B]B([B])[B].[B][B].[B][B]B([B])[B].[B][B][B]. The second-order valence-corrected chi connectivity index (χ2v) is 30.6. The maximum Gasteiger partial charge on any atom is 0.185 e. The highest BCUT2D eigenvalue weighted by atomic mass is 79.9. The first-order chi connectivity index (χ1) is 63.3. The number of benzene rings is 2. The first-order valence-electron chi connectivity index (χ1n) is 40.7. The molecule has 13 aromatic heterocycles. The van der Waals surface area contributed by atoms with Crippen LogP contribution in [0.1, 0.15) is 83.7 Å². The Balaban J connectivity index is 0.000000242. The molecule has 132 heavy (non-hydrogen) atoms. The van der Waals surface area contributed by atoms with Crippen molar-refractivity contribution in [2.24, 2.45) is 9.98 Å². The molecule has 631 valence electrons. The van der Waals surface area contributed by atoms with Crippen LogP contribution in [0.3, 0.4) is 0 Å². The van der Waals surface area contributed by atoms with Crippen molar-refractivity contribution >= 4 is 217 Å². The number of ether oxygens (including phenoxy) is 2. The number of aromatic amines is 2. The number of hydrogen-bond donors (Lipinski definition) is 2. The number of aryl methyl sites for hydroxylation is 1. The van der Waals surface area contributed by atoms with Crippen molar-refractivity contribution in [3.8, 4) is 79.0 Å². The summed E-state index contributed by atoms with van der Waals surface area (Å²) in [5, 5.41) is 14.4. The van der Waals surface area contributed by atoms with Crippen LogP contribution in [-0.2, 0) is 6.42 Å². The number of nitrogens with one attached hydrogen (secondary N) is 2. The zero-order valence-electron chi connectivity index (χ0n) is 72.7. The van der Waals surface area contributed by atoms with Gasteiger partial charge in [-0.1, -0.05) is 69.2 Å². The Kier molecular flexibility index (Phi) is 51.6. The Hall–Kier alpha value is -11.2. The molecule has 0 atom stereocenters. The van der Waals surface area contributed by atoms with Crippen LogP contribution in [-0.4, -0.2) is 231 Å². The van der Waals surface area contributed by atoms with Gasteiger partial charge in [0.25, 0.3) is 0 Å². The number of pyridine rings is 11. The van der Waals surface area contributed by atoms with Gasteiger partial charge in [0, 0.05) is 221 Å². The number of rotatable bonds is 22. The lowest BCUT2D eigenvalue weighted by molar-refractivity contribution is 0.0988. The Morgan fingerprint density at radius 2 is 0.765 bits per heavy atom. The van der Waals surface area contributed by atoms with Gasteiger partial charge in [-0.2, -0.15) is 10.2 Å². The highest BCUT2D eigenvalue weighted by Gasteiger charge is 2.21. The third-order valence-electron chi connectivity index (χ3n) is 17.8. The number of Topliss-reactive ketones (excluding diaryl/α,β-unsaturated/α-hetero) is 1. The van der Waals surface area contributed by atoms with Crippen LogP contribution in [0.15, 0.2) is 333 Å². The third kappa shape index (κ3) is 37.8. The van der Waals surface area contributed by atoms with Gasteiger partial charge in [-0.15, -0.1) is 12.4 Å². The van der Waals surface area contributed by atoms with Gasteiger partial charge in [-0.05, 0) is 299 Å². The number of hydrogen-bond acceptors (Lipinski definition) is 18. The molecule has 0 fully saturated rings. The van der Waals surface area contributed by atoms with E-state index in [2.05, 4.69) is 253 Å². The maximum atomic E-state index is 11.8. The minimum Gasteiger partial charge on any atom is -0.494 e. The fourth-order valence-electron chi connectivity index (χ4n) is 11.8. The van der Waals surface area contributed by atoms with Crippen LogP contribution in [0.2, 0.25) is 0 Å². The van der Waals surface area contributed by atoms with E-state index in [-0.39, 0.29) is 26.6 Å². The molecule has 2 aliphatic heterocycles. The normalized spacial score (nSPS) is 10.8. The van der Waals surface area contributed by atoms with E-state index in [1.54, 1.807) is 74.1 Å². The third-order valence-corrected chi connectivity index (χ3v) is 19.5. The van der Waals surface area contributed by atoms with Crippen LogP contribution in [0.4, 0.5) is 0 Å². The largest absolute Gasteiger partial charge is 0.494 e. The number of aliphatic imine (C=N–C) groups is 2. The van der Waals surface area contributed by atoms with Crippen molar-refractivity contribution < 1.29 is 14.3 Å². The molecular formula is C92H80B15Br4ClN17O3. The summed E-state index contributed by atoms with van der Waals surface area (Å²) in [6.07, 6.45) is 30.9. The molecule has 0 saturated heterocycles. The predicted octanol–water partition coefficient (Wildman–Crippen LogP) is 16.5. The number of H-pyrrole nitrogens is 2. The Morgan fingerprint density at radius 1 is 0.417 bits per heavy atom. The van der Waals surface area contributed by atoms with Gasteiger partial charge in [-0.25, -0.2) is 19.9 Å². The molecule has 0 unspecified atom stereocenters. The lowest BCUT2D eigenvalue weighted by atomic mass is 8.97. The second kappa shape index (κ2) is 62.2. The molecule has 15 aromatic rings. The molecular weight excluding hydrogens is 1910 g/mol. The van der Waals surface area contributed by atoms with Gasteiger partial charge in [0.1, 0.15) is 35.6 Å². The zero-order chi connectivity index (χ0) is 93.0. The number of allylic oxidation sites excluding steroid dienone is 2. The molecule has 2 aliphatic rings. The van der Waals surface area contributed by atoms with Gasteiger partial charge in [0.05, 0.1) is 95.7 Å². The molecule has 0 spiro atoms. The Bertz CT molecular complexity index is 5980. The first kappa shape index (κ1) is 110. The van der Waals surface area contributed by atoms with Gasteiger partial charge in [0.15, 0.2) is 5.78 Å². The predicted molar refractivity (Wildman–Crippen MR) is 567 cm³/mol. The molecule has 17 rings (SSSR count). The van der Waals surface area contributed by atoms with E-state index >= 15 is 0 Å². The van der Waals surface area contributed by atoms with E-state index in [0.29, 0.717) is 25.2 Å². The summed E-state index contributed by atoms with van der Waals surface area (Å²) in [6.45, 7) is 9.25. The van der Waals surface area contributed by atoms with E-state index in [1.807, 2.05) is 201 Å². The fraction of sp³-hybridized carbons (Fsp3) is 0.130. The molecule has 0 bridgehead atoms.